The van der Waals surface area contributed by atoms with Crippen molar-refractivity contribution in [3.8, 4) is 0 Å². The van der Waals surface area contributed by atoms with Crippen LogP contribution in [-0.2, 0) is 0 Å². The third kappa shape index (κ3) is 2.15. The zero-order chi connectivity index (χ0) is 6.91. The highest BCUT2D eigenvalue weighted by Gasteiger charge is 2.28. The van der Waals surface area contributed by atoms with Gasteiger partial charge in [-0.1, -0.05) is 0 Å². The van der Waals surface area contributed by atoms with Crippen LogP contribution in [0.4, 0.5) is 0 Å². The predicted octanol–water partition coefficient (Wildman–Crippen LogP) is 1.92. The second kappa shape index (κ2) is 2.47. The van der Waals surface area contributed by atoms with E-state index in [0.29, 0.717) is 0 Å². The highest BCUT2D eigenvalue weighted by molar-refractivity contribution is 6.20. The van der Waals surface area contributed by atoms with Gasteiger partial charge >= 0.3 is 0 Å². The molecule has 0 aromatic carbocycles. The molecule has 0 aromatic rings. The van der Waals surface area contributed by atoms with Crippen LogP contribution in [0.25, 0.3) is 0 Å². The first-order chi connectivity index (χ1) is 4.10. The third-order valence-corrected chi connectivity index (χ3v) is 2.27. The molecule has 1 fully saturated rings. The van der Waals surface area contributed by atoms with E-state index in [2.05, 4.69) is 0 Å². The van der Waals surface area contributed by atoms with E-state index in [0.717, 1.165) is 25.7 Å². The third-order valence-electron chi connectivity index (χ3n) is 1.89. The Morgan fingerprint density at radius 2 is 2.33 bits per heavy atom. The fourth-order valence-corrected chi connectivity index (χ4v) is 1.87. The van der Waals surface area contributed by atoms with Crippen LogP contribution in [0.3, 0.4) is 0 Å². The minimum Gasteiger partial charge on any atom is -0.390 e. The number of hydrogen-bond acceptors (Lipinski definition) is 1. The second-order valence-electron chi connectivity index (χ2n) is 3.19. The molecule has 1 saturated carbocycles. The molecule has 1 nitrogen and oxygen atoms in total. The smallest absolute Gasteiger partial charge is 0.0633 e. The van der Waals surface area contributed by atoms with Crippen molar-refractivity contribution in [3.05, 3.63) is 0 Å². The molecule has 2 heteroatoms. The van der Waals surface area contributed by atoms with E-state index in [1.54, 1.807) is 0 Å². The minimum atomic E-state index is -0.481. The van der Waals surface area contributed by atoms with Crippen LogP contribution < -0.4 is 0 Å². The number of alkyl halides is 1. The summed E-state index contributed by atoms with van der Waals surface area (Å²) in [7, 11) is 0. The van der Waals surface area contributed by atoms with Crippen molar-refractivity contribution in [2.24, 2.45) is 0 Å². The van der Waals surface area contributed by atoms with Gasteiger partial charge in [-0.05, 0) is 32.6 Å². The van der Waals surface area contributed by atoms with Gasteiger partial charge in [-0.3, -0.25) is 0 Å². The Morgan fingerprint density at radius 3 is 2.67 bits per heavy atom. The molecular weight excluding hydrogens is 136 g/mol. The molecule has 0 aliphatic heterocycles. The van der Waals surface area contributed by atoms with Gasteiger partial charge in [0.05, 0.1) is 5.60 Å². The Balaban J connectivity index is 2.41. The van der Waals surface area contributed by atoms with Crippen molar-refractivity contribution >= 4 is 11.6 Å². The summed E-state index contributed by atoms with van der Waals surface area (Å²) in [6.45, 7) is 1.86. The topological polar surface area (TPSA) is 20.2 Å². The van der Waals surface area contributed by atoms with Gasteiger partial charge in [-0.15, -0.1) is 11.6 Å². The van der Waals surface area contributed by atoms with Crippen LogP contribution in [0.1, 0.15) is 32.6 Å². The fourth-order valence-electron chi connectivity index (χ4n) is 1.39. The van der Waals surface area contributed by atoms with Crippen molar-refractivity contribution in [1.29, 1.82) is 0 Å². The molecule has 0 amide bonds. The summed E-state index contributed by atoms with van der Waals surface area (Å²) < 4.78 is 0. The molecule has 0 unspecified atom stereocenters. The first-order valence-electron chi connectivity index (χ1n) is 3.47. The number of aliphatic hydroxyl groups is 1. The summed E-state index contributed by atoms with van der Waals surface area (Å²) in [5.41, 5.74) is -0.481. The lowest BCUT2D eigenvalue weighted by atomic mass is 9.86. The zero-order valence-electron chi connectivity index (χ0n) is 5.73. The number of rotatable bonds is 0. The first kappa shape index (κ1) is 7.36. The maximum Gasteiger partial charge on any atom is 0.0633 e. The van der Waals surface area contributed by atoms with E-state index in [9.17, 15) is 5.11 Å². The Bertz CT molecular complexity index is 101. The van der Waals surface area contributed by atoms with Gasteiger partial charge in [0.2, 0.25) is 0 Å². The molecule has 9 heavy (non-hydrogen) atoms. The minimum absolute atomic E-state index is 0.203. The summed E-state index contributed by atoms with van der Waals surface area (Å²) in [5.74, 6) is 0. The number of hydrogen-bond donors (Lipinski definition) is 1. The normalized spacial score (nSPS) is 45.0. The monoisotopic (exact) mass is 148 g/mol. The van der Waals surface area contributed by atoms with Crippen LogP contribution in [0, 0.1) is 0 Å². The van der Waals surface area contributed by atoms with E-state index >= 15 is 0 Å². The molecule has 1 aliphatic carbocycles. The van der Waals surface area contributed by atoms with Gasteiger partial charge in [0.25, 0.3) is 0 Å². The lowest BCUT2D eigenvalue weighted by Crippen LogP contribution is -2.31. The molecule has 0 spiro atoms. The standard InChI is InChI=1S/C7H13ClO/c1-7(9)4-2-3-6(8)5-7/h6,9H,2-5H2,1H3/t6-,7+/m0/s1. The van der Waals surface area contributed by atoms with Gasteiger partial charge in [0.1, 0.15) is 0 Å². The van der Waals surface area contributed by atoms with E-state index in [1.807, 2.05) is 6.92 Å². The van der Waals surface area contributed by atoms with Crippen LogP contribution in [0.2, 0.25) is 0 Å². The number of halogens is 1. The van der Waals surface area contributed by atoms with Crippen molar-refractivity contribution in [2.45, 2.75) is 43.6 Å². The lowest BCUT2D eigenvalue weighted by Gasteiger charge is -2.30. The molecule has 0 aromatic heterocycles. The lowest BCUT2D eigenvalue weighted by molar-refractivity contribution is 0.0241. The maximum absolute atomic E-state index is 9.46. The molecule has 0 heterocycles. The molecule has 0 radical (unpaired) electrons. The molecule has 2 atom stereocenters. The van der Waals surface area contributed by atoms with E-state index in [4.69, 9.17) is 11.6 Å². The van der Waals surface area contributed by atoms with Gasteiger partial charge in [-0.25, -0.2) is 0 Å². The first-order valence-corrected chi connectivity index (χ1v) is 3.90. The van der Waals surface area contributed by atoms with E-state index in [1.165, 1.54) is 0 Å². The maximum atomic E-state index is 9.46. The molecule has 1 N–H and O–H groups in total. The van der Waals surface area contributed by atoms with Crippen LogP contribution in [0.15, 0.2) is 0 Å². The van der Waals surface area contributed by atoms with Gasteiger partial charge in [-0.2, -0.15) is 0 Å². The summed E-state index contributed by atoms with van der Waals surface area (Å²) in [6, 6.07) is 0. The Morgan fingerprint density at radius 1 is 1.67 bits per heavy atom. The van der Waals surface area contributed by atoms with Crippen molar-refractivity contribution in [3.63, 3.8) is 0 Å². The molecular formula is C7H13ClO. The molecule has 0 saturated heterocycles. The van der Waals surface area contributed by atoms with Gasteiger partial charge in [0, 0.05) is 5.38 Å². The predicted molar refractivity (Wildman–Crippen MR) is 38.7 cm³/mol. The zero-order valence-corrected chi connectivity index (χ0v) is 6.49. The highest BCUT2D eigenvalue weighted by atomic mass is 35.5. The van der Waals surface area contributed by atoms with Crippen LogP contribution in [-0.4, -0.2) is 16.1 Å². The molecule has 54 valence electrons. The molecule has 0 bridgehead atoms. The Hall–Kier alpha value is 0.250. The van der Waals surface area contributed by atoms with Gasteiger partial charge in [0.15, 0.2) is 0 Å². The van der Waals surface area contributed by atoms with E-state index < -0.39 is 5.60 Å². The summed E-state index contributed by atoms with van der Waals surface area (Å²) in [5, 5.41) is 9.66. The largest absolute Gasteiger partial charge is 0.390 e. The van der Waals surface area contributed by atoms with Crippen molar-refractivity contribution in [1.82, 2.24) is 0 Å². The van der Waals surface area contributed by atoms with Crippen molar-refractivity contribution < 1.29 is 5.11 Å². The van der Waals surface area contributed by atoms with Crippen LogP contribution in [0.5, 0.6) is 0 Å². The SMILES string of the molecule is C[C@@]1(O)CCC[C@H](Cl)C1. The molecule has 1 aliphatic rings. The average molecular weight is 149 g/mol. The Kier molecular flexibility index (Phi) is 2.02. The van der Waals surface area contributed by atoms with Crippen LogP contribution >= 0.6 is 11.6 Å². The van der Waals surface area contributed by atoms with Gasteiger partial charge < -0.3 is 5.11 Å². The quantitative estimate of drug-likeness (QED) is 0.521. The molecule has 1 rings (SSSR count). The summed E-state index contributed by atoms with van der Waals surface area (Å²) in [4.78, 5) is 0. The average Bonchev–Trinajstić information content (AvgIpc) is 1.60. The Labute approximate surface area is 61.0 Å². The second-order valence-corrected chi connectivity index (χ2v) is 3.81. The highest BCUT2D eigenvalue weighted by Crippen LogP contribution is 2.30. The van der Waals surface area contributed by atoms with Crippen molar-refractivity contribution in [2.75, 3.05) is 0 Å². The van der Waals surface area contributed by atoms with E-state index in [-0.39, 0.29) is 5.38 Å². The summed E-state index contributed by atoms with van der Waals surface area (Å²) in [6.07, 6.45) is 3.81. The fraction of sp³-hybridized carbons (Fsp3) is 1.00. The summed E-state index contributed by atoms with van der Waals surface area (Å²) >= 11 is 5.84.